The molecule has 0 unspecified atom stereocenters. The molecule has 0 bridgehead atoms. The molecule has 0 fully saturated rings. The van der Waals surface area contributed by atoms with Crippen LogP contribution in [0, 0.1) is 6.92 Å². The lowest BCUT2D eigenvalue weighted by molar-refractivity contribution is 0.993. The third kappa shape index (κ3) is 2.25. The van der Waals surface area contributed by atoms with Crippen LogP contribution in [0.3, 0.4) is 0 Å². The number of aryl methyl sites for hydroxylation is 1. The van der Waals surface area contributed by atoms with Gasteiger partial charge in [0.25, 0.3) is 5.56 Å². The van der Waals surface area contributed by atoms with Gasteiger partial charge in [-0.25, -0.2) is 0 Å². The predicted molar refractivity (Wildman–Crippen MR) is 80.1 cm³/mol. The van der Waals surface area contributed by atoms with Crippen molar-refractivity contribution in [1.29, 1.82) is 0 Å². The van der Waals surface area contributed by atoms with E-state index in [9.17, 15) is 4.79 Å². The zero-order chi connectivity index (χ0) is 13.2. The minimum absolute atomic E-state index is 0.0100. The van der Waals surface area contributed by atoms with Crippen molar-refractivity contribution in [2.45, 2.75) is 6.92 Å². The van der Waals surface area contributed by atoms with Crippen LogP contribution in [0.15, 0.2) is 64.9 Å². The molecule has 0 atom stereocenters. The summed E-state index contributed by atoms with van der Waals surface area (Å²) < 4.78 is 1.69. The number of rotatable bonds is 2. The number of pyridine rings is 1. The minimum Gasteiger partial charge on any atom is -0.284 e. The number of para-hydroxylation sites is 1. The van der Waals surface area contributed by atoms with Gasteiger partial charge in [0.1, 0.15) is 0 Å². The summed E-state index contributed by atoms with van der Waals surface area (Å²) in [5, 5.41) is 2.07. The zero-order valence-corrected chi connectivity index (χ0v) is 11.4. The van der Waals surface area contributed by atoms with Crippen LogP contribution in [0.25, 0.3) is 16.1 Å². The number of aromatic nitrogens is 1. The molecule has 2 heterocycles. The molecule has 3 aromatic rings. The van der Waals surface area contributed by atoms with Crippen molar-refractivity contribution in [3.05, 3.63) is 76.0 Å². The maximum atomic E-state index is 12.0. The number of hydrogen-bond acceptors (Lipinski definition) is 2. The van der Waals surface area contributed by atoms with E-state index >= 15 is 0 Å². The molecule has 0 radical (unpaired) electrons. The van der Waals surface area contributed by atoms with Gasteiger partial charge >= 0.3 is 0 Å². The summed E-state index contributed by atoms with van der Waals surface area (Å²) in [5.41, 5.74) is 3.20. The first-order valence-electron chi connectivity index (χ1n) is 6.08. The fourth-order valence-corrected chi connectivity index (χ4v) is 3.00. The summed E-state index contributed by atoms with van der Waals surface area (Å²) in [6, 6.07) is 15.3. The summed E-state index contributed by atoms with van der Waals surface area (Å²) in [5.74, 6) is 0. The average molecular weight is 267 g/mol. The molecule has 94 valence electrons. The van der Waals surface area contributed by atoms with Gasteiger partial charge in [0.05, 0.1) is 0 Å². The Kier molecular flexibility index (Phi) is 3.05. The van der Waals surface area contributed by atoms with Gasteiger partial charge in [-0.3, -0.25) is 9.36 Å². The molecule has 2 nitrogen and oxygen atoms in total. The molecule has 0 aliphatic heterocycles. The van der Waals surface area contributed by atoms with Crippen molar-refractivity contribution in [2.75, 3.05) is 0 Å². The number of benzene rings is 1. The second-order valence-electron chi connectivity index (χ2n) is 4.39. The Morgan fingerprint density at radius 1 is 1.00 bits per heavy atom. The van der Waals surface area contributed by atoms with Crippen molar-refractivity contribution < 1.29 is 0 Å². The Bertz CT molecular complexity index is 756. The molecule has 3 rings (SSSR count). The number of thiophene rings is 1. The molecule has 0 amide bonds. The third-order valence-electron chi connectivity index (χ3n) is 3.07. The van der Waals surface area contributed by atoms with E-state index in [4.69, 9.17) is 0 Å². The van der Waals surface area contributed by atoms with Crippen molar-refractivity contribution in [3.8, 4) is 16.1 Å². The second kappa shape index (κ2) is 4.86. The molecule has 19 heavy (non-hydrogen) atoms. The summed E-state index contributed by atoms with van der Waals surface area (Å²) in [7, 11) is 0. The maximum absolute atomic E-state index is 12.0. The monoisotopic (exact) mass is 267 g/mol. The minimum atomic E-state index is -0.0100. The molecule has 0 spiro atoms. The van der Waals surface area contributed by atoms with Gasteiger partial charge in [0.15, 0.2) is 0 Å². The molecular formula is C16H13NOS. The lowest BCUT2D eigenvalue weighted by Gasteiger charge is -2.08. The van der Waals surface area contributed by atoms with Crippen molar-refractivity contribution >= 4 is 11.3 Å². The standard InChI is InChI=1S/C16H13NOS/c1-12-9-10-19-16(12)13-7-8-15(18)17(11-13)14-5-3-2-4-6-14/h2-11H,1H3. The zero-order valence-electron chi connectivity index (χ0n) is 10.5. The summed E-state index contributed by atoms with van der Waals surface area (Å²) in [6.07, 6.45) is 1.91. The first-order valence-corrected chi connectivity index (χ1v) is 6.96. The van der Waals surface area contributed by atoms with Crippen LogP contribution in [0.4, 0.5) is 0 Å². The van der Waals surface area contributed by atoms with E-state index in [0.29, 0.717) is 0 Å². The van der Waals surface area contributed by atoms with E-state index in [2.05, 4.69) is 18.4 Å². The second-order valence-corrected chi connectivity index (χ2v) is 5.31. The van der Waals surface area contributed by atoms with Gasteiger partial charge in [-0.15, -0.1) is 11.3 Å². The highest BCUT2D eigenvalue weighted by Crippen LogP contribution is 2.28. The number of nitrogens with zero attached hydrogens (tertiary/aromatic N) is 1. The summed E-state index contributed by atoms with van der Waals surface area (Å²) >= 11 is 1.70. The van der Waals surface area contributed by atoms with E-state index in [1.807, 2.05) is 42.6 Å². The molecule has 0 saturated heterocycles. The van der Waals surface area contributed by atoms with Crippen molar-refractivity contribution in [2.24, 2.45) is 0 Å². The maximum Gasteiger partial charge on any atom is 0.255 e. The Labute approximate surface area is 115 Å². The van der Waals surface area contributed by atoms with Gasteiger partial charge in [-0.1, -0.05) is 18.2 Å². The highest BCUT2D eigenvalue weighted by molar-refractivity contribution is 7.13. The third-order valence-corrected chi connectivity index (χ3v) is 4.14. The van der Waals surface area contributed by atoms with Gasteiger partial charge in [-0.2, -0.15) is 0 Å². The van der Waals surface area contributed by atoms with Crippen LogP contribution in [-0.4, -0.2) is 4.57 Å². The van der Waals surface area contributed by atoms with Gasteiger partial charge in [0, 0.05) is 28.4 Å². The topological polar surface area (TPSA) is 22.0 Å². The molecule has 0 aliphatic carbocycles. The van der Waals surface area contributed by atoms with Crippen LogP contribution in [0.2, 0.25) is 0 Å². The lowest BCUT2D eigenvalue weighted by atomic mass is 10.1. The SMILES string of the molecule is Cc1ccsc1-c1ccc(=O)n(-c2ccccc2)c1. The van der Waals surface area contributed by atoms with Crippen molar-refractivity contribution in [3.63, 3.8) is 0 Å². The van der Waals surface area contributed by atoms with E-state index in [0.717, 1.165) is 11.3 Å². The summed E-state index contributed by atoms with van der Waals surface area (Å²) in [4.78, 5) is 13.2. The van der Waals surface area contributed by atoms with Gasteiger partial charge in [-0.05, 0) is 42.1 Å². The molecule has 0 N–H and O–H groups in total. The van der Waals surface area contributed by atoms with Crippen LogP contribution in [-0.2, 0) is 0 Å². The Hall–Kier alpha value is -2.13. The fraction of sp³-hybridized carbons (Fsp3) is 0.0625. The molecular weight excluding hydrogens is 254 g/mol. The van der Waals surface area contributed by atoms with Crippen LogP contribution >= 0.6 is 11.3 Å². The smallest absolute Gasteiger partial charge is 0.255 e. The number of hydrogen-bond donors (Lipinski definition) is 0. The molecule has 0 aliphatic rings. The largest absolute Gasteiger partial charge is 0.284 e. The first kappa shape index (κ1) is 11.9. The Balaban J connectivity index is 2.17. The van der Waals surface area contributed by atoms with Gasteiger partial charge in [0.2, 0.25) is 0 Å². The fourth-order valence-electron chi connectivity index (χ4n) is 2.08. The predicted octanol–water partition coefficient (Wildman–Crippen LogP) is 3.87. The Morgan fingerprint density at radius 3 is 2.47 bits per heavy atom. The lowest BCUT2D eigenvalue weighted by Crippen LogP contribution is -2.16. The molecule has 0 saturated carbocycles. The van der Waals surface area contributed by atoms with Gasteiger partial charge < -0.3 is 0 Å². The quantitative estimate of drug-likeness (QED) is 0.690. The van der Waals surface area contributed by atoms with Crippen LogP contribution in [0.5, 0.6) is 0 Å². The molecule has 2 aromatic heterocycles. The van der Waals surface area contributed by atoms with Crippen molar-refractivity contribution in [1.82, 2.24) is 4.57 Å². The first-order chi connectivity index (χ1) is 9.25. The highest BCUT2D eigenvalue weighted by Gasteiger charge is 2.06. The van der Waals surface area contributed by atoms with Crippen LogP contribution < -0.4 is 5.56 Å². The molecule has 1 aromatic carbocycles. The van der Waals surface area contributed by atoms with E-state index in [1.165, 1.54) is 10.4 Å². The highest BCUT2D eigenvalue weighted by atomic mass is 32.1. The molecule has 3 heteroatoms. The normalized spacial score (nSPS) is 10.6. The van der Waals surface area contributed by atoms with E-state index < -0.39 is 0 Å². The summed E-state index contributed by atoms with van der Waals surface area (Å²) in [6.45, 7) is 2.09. The van der Waals surface area contributed by atoms with E-state index in [1.54, 1.807) is 22.0 Å². The van der Waals surface area contributed by atoms with Crippen LogP contribution in [0.1, 0.15) is 5.56 Å². The van der Waals surface area contributed by atoms with E-state index in [-0.39, 0.29) is 5.56 Å². The average Bonchev–Trinajstić information content (AvgIpc) is 2.87. The Morgan fingerprint density at radius 2 is 1.79 bits per heavy atom.